The van der Waals surface area contributed by atoms with E-state index in [2.05, 4.69) is 10.3 Å². The lowest BCUT2D eigenvalue weighted by Crippen LogP contribution is -2.37. The van der Waals surface area contributed by atoms with E-state index in [1.807, 2.05) is 0 Å². The second-order valence-corrected chi connectivity index (χ2v) is 9.78. The van der Waals surface area contributed by atoms with Gasteiger partial charge in [0.25, 0.3) is 5.91 Å². The molecule has 0 saturated heterocycles. The molecule has 2 aliphatic rings. The van der Waals surface area contributed by atoms with Crippen LogP contribution in [0.4, 0.5) is 9.52 Å². The minimum Gasteiger partial charge on any atom is -0.481 e. The van der Waals surface area contributed by atoms with Crippen LogP contribution in [0.5, 0.6) is 5.75 Å². The average Bonchev–Trinajstić information content (AvgIpc) is 3.42. The normalized spacial score (nSPS) is 17.4. The Labute approximate surface area is 160 Å². The van der Waals surface area contributed by atoms with E-state index in [4.69, 9.17) is 4.74 Å². The second-order valence-electron chi connectivity index (χ2n) is 6.48. The van der Waals surface area contributed by atoms with E-state index in [-0.39, 0.29) is 17.6 Å². The number of carbonyl (C=O) groups is 1. The Bertz CT molecular complexity index is 972. The van der Waals surface area contributed by atoms with Crippen LogP contribution in [-0.4, -0.2) is 42.0 Å². The van der Waals surface area contributed by atoms with Gasteiger partial charge in [-0.2, -0.15) is 4.31 Å². The molecule has 27 heavy (non-hydrogen) atoms. The summed E-state index contributed by atoms with van der Waals surface area (Å²) in [6.45, 7) is 0.375. The van der Waals surface area contributed by atoms with Gasteiger partial charge in [-0.1, -0.05) is 12.1 Å². The Morgan fingerprint density at radius 1 is 1.37 bits per heavy atom. The van der Waals surface area contributed by atoms with Crippen molar-refractivity contribution in [3.05, 3.63) is 40.7 Å². The number of thiazole rings is 1. The Balaban J connectivity index is 1.37. The molecule has 0 unspecified atom stereocenters. The molecule has 1 N–H and O–H groups in total. The maximum atomic E-state index is 13.5. The molecule has 0 spiro atoms. The smallest absolute Gasteiger partial charge is 0.264 e. The van der Waals surface area contributed by atoms with Gasteiger partial charge in [0.05, 0.1) is 10.9 Å². The van der Waals surface area contributed by atoms with Gasteiger partial charge in [0.1, 0.15) is 0 Å². The van der Waals surface area contributed by atoms with Gasteiger partial charge in [-0.3, -0.25) is 10.1 Å². The van der Waals surface area contributed by atoms with Crippen molar-refractivity contribution in [2.75, 3.05) is 18.5 Å². The number of amides is 1. The lowest BCUT2D eigenvalue weighted by Gasteiger charge is -2.25. The van der Waals surface area contributed by atoms with Crippen molar-refractivity contribution in [2.45, 2.75) is 31.1 Å². The Hall–Kier alpha value is -2.04. The number of rotatable bonds is 6. The van der Waals surface area contributed by atoms with Crippen LogP contribution in [-0.2, 0) is 27.8 Å². The molecule has 2 aromatic rings. The SMILES string of the molecule is O=C(COc1ccccc1F)Nc1nc2c(s1)CN(S(=O)(=O)C1CC1)CC2. The van der Waals surface area contributed by atoms with E-state index in [9.17, 15) is 17.6 Å². The minimum absolute atomic E-state index is 0.00649. The molecule has 1 aliphatic carbocycles. The summed E-state index contributed by atoms with van der Waals surface area (Å²) in [6, 6.07) is 5.85. The second kappa shape index (κ2) is 7.17. The van der Waals surface area contributed by atoms with Gasteiger partial charge >= 0.3 is 0 Å². The highest BCUT2D eigenvalue weighted by Crippen LogP contribution is 2.35. The molecule has 1 aromatic carbocycles. The van der Waals surface area contributed by atoms with Crippen LogP contribution in [0.15, 0.2) is 24.3 Å². The number of nitrogens with one attached hydrogen (secondary N) is 1. The molecule has 1 saturated carbocycles. The monoisotopic (exact) mass is 411 g/mol. The molecule has 10 heteroatoms. The molecule has 1 amide bonds. The third kappa shape index (κ3) is 3.97. The molecule has 2 heterocycles. The van der Waals surface area contributed by atoms with Crippen molar-refractivity contribution in [1.29, 1.82) is 0 Å². The van der Waals surface area contributed by atoms with Gasteiger partial charge in [-0.15, -0.1) is 11.3 Å². The van der Waals surface area contributed by atoms with Crippen molar-refractivity contribution in [3.63, 3.8) is 0 Å². The van der Waals surface area contributed by atoms with Gasteiger partial charge in [0.15, 0.2) is 23.3 Å². The third-order valence-corrected chi connectivity index (χ3v) is 7.79. The van der Waals surface area contributed by atoms with E-state index < -0.39 is 21.7 Å². The van der Waals surface area contributed by atoms with Crippen LogP contribution in [0.2, 0.25) is 0 Å². The number of sulfonamides is 1. The summed E-state index contributed by atoms with van der Waals surface area (Å²) in [5.74, 6) is -0.981. The zero-order valence-corrected chi connectivity index (χ0v) is 16.0. The van der Waals surface area contributed by atoms with E-state index in [0.717, 1.165) is 23.4 Å². The van der Waals surface area contributed by atoms with Crippen LogP contribution in [0.3, 0.4) is 0 Å². The number of aromatic nitrogens is 1. The summed E-state index contributed by atoms with van der Waals surface area (Å²) in [4.78, 5) is 17.3. The van der Waals surface area contributed by atoms with Gasteiger partial charge in [0, 0.05) is 24.4 Å². The van der Waals surface area contributed by atoms with E-state index in [0.29, 0.717) is 24.6 Å². The number of hydrogen-bond acceptors (Lipinski definition) is 6. The first kappa shape index (κ1) is 18.3. The minimum atomic E-state index is -3.22. The quantitative estimate of drug-likeness (QED) is 0.787. The van der Waals surface area contributed by atoms with E-state index in [1.165, 1.54) is 33.8 Å². The van der Waals surface area contributed by atoms with Crippen molar-refractivity contribution >= 4 is 32.4 Å². The molecule has 0 radical (unpaired) electrons. The number of ether oxygens (including phenoxy) is 1. The van der Waals surface area contributed by atoms with Crippen LogP contribution in [0, 0.1) is 5.82 Å². The number of nitrogens with zero attached hydrogens (tertiary/aromatic N) is 2. The molecule has 0 atom stereocenters. The van der Waals surface area contributed by atoms with Gasteiger partial charge in [-0.05, 0) is 25.0 Å². The molecule has 144 valence electrons. The van der Waals surface area contributed by atoms with Crippen LogP contribution >= 0.6 is 11.3 Å². The first-order valence-corrected chi connectivity index (χ1v) is 10.9. The molecular weight excluding hydrogens is 393 g/mol. The average molecular weight is 411 g/mol. The standard InChI is InChI=1S/C17H18FN3O4S2/c18-12-3-1-2-4-14(12)25-10-16(22)20-17-19-13-7-8-21(9-15(13)26-17)27(23,24)11-5-6-11/h1-4,11H,5-10H2,(H,19,20,22). The van der Waals surface area contributed by atoms with Gasteiger partial charge in [-0.25, -0.2) is 17.8 Å². The van der Waals surface area contributed by atoms with Crippen LogP contribution in [0.25, 0.3) is 0 Å². The Morgan fingerprint density at radius 2 is 2.15 bits per heavy atom. The fourth-order valence-corrected chi connectivity index (χ4v) is 5.81. The highest BCUT2D eigenvalue weighted by atomic mass is 32.2. The van der Waals surface area contributed by atoms with Gasteiger partial charge in [0.2, 0.25) is 10.0 Å². The van der Waals surface area contributed by atoms with Crippen LogP contribution < -0.4 is 10.1 Å². The van der Waals surface area contributed by atoms with Crippen molar-refractivity contribution in [3.8, 4) is 5.75 Å². The Morgan fingerprint density at radius 3 is 2.89 bits per heavy atom. The van der Waals surface area contributed by atoms with Gasteiger partial charge < -0.3 is 4.74 Å². The lowest BCUT2D eigenvalue weighted by molar-refractivity contribution is -0.118. The number of halogens is 1. The third-order valence-electron chi connectivity index (χ3n) is 4.44. The number of para-hydroxylation sites is 1. The van der Waals surface area contributed by atoms with E-state index in [1.54, 1.807) is 6.07 Å². The maximum Gasteiger partial charge on any atom is 0.264 e. The zero-order valence-electron chi connectivity index (χ0n) is 14.4. The highest BCUT2D eigenvalue weighted by Gasteiger charge is 2.41. The topological polar surface area (TPSA) is 88.6 Å². The van der Waals surface area contributed by atoms with Crippen molar-refractivity contribution in [2.24, 2.45) is 0 Å². The highest BCUT2D eigenvalue weighted by molar-refractivity contribution is 7.90. The molecular formula is C17H18FN3O4S2. The number of hydrogen-bond donors (Lipinski definition) is 1. The molecule has 7 nitrogen and oxygen atoms in total. The summed E-state index contributed by atoms with van der Waals surface area (Å²) in [7, 11) is -3.22. The van der Waals surface area contributed by atoms with Crippen LogP contribution in [0.1, 0.15) is 23.4 Å². The predicted octanol–water partition coefficient (Wildman–Crippen LogP) is 2.15. The first-order chi connectivity index (χ1) is 12.9. The number of anilines is 1. The largest absolute Gasteiger partial charge is 0.481 e. The fraction of sp³-hybridized carbons (Fsp3) is 0.412. The molecule has 4 rings (SSSR count). The van der Waals surface area contributed by atoms with E-state index >= 15 is 0 Å². The van der Waals surface area contributed by atoms with Crippen molar-refractivity contribution < 1.29 is 22.3 Å². The predicted molar refractivity (Wildman–Crippen MR) is 98.7 cm³/mol. The lowest BCUT2D eigenvalue weighted by atomic mass is 10.2. The summed E-state index contributed by atoms with van der Waals surface area (Å²) in [5, 5.41) is 2.79. The number of benzene rings is 1. The molecule has 1 aromatic heterocycles. The first-order valence-electron chi connectivity index (χ1n) is 8.58. The zero-order chi connectivity index (χ0) is 19.0. The maximum absolute atomic E-state index is 13.5. The molecule has 0 bridgehead atoms. The summed E-state index contributed by atoms with van der Waals surface area (Å²) in [6.07, 6.45) is 1.99. The summed E-state index contributed by atoms with van der Waals surface area (Å²) < 4.78 is 44.9. The Kier molecular flexibility index (Phi) is 4.87. The summed E-state index contributed by atoms with van der Waals surface area (Å²) >= 11 is 1.26. The van der Waals surface area contributed by atoms with Crippen molar-refractivity contribution in [1.82, 2.24) is 9.29 Å². The number of fused-ring (bicyclic) bond motifs is 1. The number of carbonyl (C=O) groups excluding carboxylic acids is 1. The molecule has 1 fully saturated rings. The summed E-state index contributed by atoms with van der Waals surface area (Å²) in [5.41, 5.74) is 0.813. The fourth-order valence-electron chi connectivity index (χ4n) is 2.88. The molecule has 1 aliphatic heterocycles.